The van der Waals surface area contributed by atoms with Gasteiger partial charge >= 0.3 is 39.5 Å². The van der Waals surface area contributed by atoms with Gasteiger partial charge in [-0.1, -0.05) is 336 Å². The molecule has 0 aromatic heterocycles. The first-order valence-corrected chi connectivity index (χ1v) is 43.7. The SMILES string of the molecule is CCCCCC/C=C\C=C/CCCCCCCC(=O)OC[C@H](COP(=O)(O)OC[C@@H](O)COP(=O)(O)OC[C@@H](COC(=O)CCCCCCCCC(C)CC)OC(=O)CCCCCCCCCCCCCCCCC(C)CC)OC(=O)CCCCCCCCCCCCCCCC(C)C. The number of phosphoric ester groups is 2. The third-order valence-corrected chi connectivity index (χ3v) is 20.6. The average molecular weight is 1450 g/mol. The quantitative estimate of drug-likeness (QED) is 0.0169. The molecular formula is C80H152O17P2. The summed E-state index contributed by atoms with van der Waals surface area (Å²) in [6.07, 6.45) is 60.4. The lowest BCUT2D eigenvalue weighted by Crippen LogP contribution is -2.30. The molecule has 99 heavy (non-hydrogen) atoms. The Labute approximate surface area is 605 Å². The molecule has 584 valence electrons. The molecule has 0 aliphatic rings. The van der Waals surface area contributed by atoms with E-state index in [0.29, 0.717) is 25.7 Å². The topological polar surface area (TPSA) is 237 Å². The summed E-state index contributed by atoms with van der Waals surface area (Å²) in [4.78, 5) is 73.0. The van der Waals surface area contributed by atoms with Gasteiger partial charge in [-0.15, -0.1) is 0 Å². The molecule has 0 fully saturated rings. The van der Waals surface area contributed by atoms with Crippen molar-refractivity contribution in [2.45, 2.75) is 407 Å². The van der Waals surface area contributed by atoms with E-state index in [9.17, 15) is 43.2 Å². The first-order valence-electron chi connectivity index (χ1n) is 40.7. The molecule has 0 saturated carbocycles. The highest BCUT2D eigenvalue weighted by Gasteiger charge is 2.30. The van der Waals surface area contributed by atoms with E-state index in [1.54, 1.807) is 0 Å². The number of aliphatic hydroxyl groups is 1. The number of allylic oxidation sites excluding steroid dienone is 4. The predicted octanol–water partition coefficient (Wildman–Crippen LogP) is 23.3. The molecule has 3 N–H and O–H groups in total. The smallest absolute Gasteiger partial charge is 0.462 e. The summed E-state index contributed by atoms with van der Waals surface area (Å²) in [5.41, 5.74) is 0. The van der Waals surface area contributed by atoms with Gasteiger partial charge < -0.3 is 33.8 Å². The lowest BCUT2D eigenvalue weighted by molar-refractivity contribution is -0.161. The number of phosphoric acid groups is 2. The summed E-state index contributed by atoms with van der Waals surface area (Å²) in [5.74, 6) is 0.214. The van der Waals surface area contributed by atoms with Gasteiger partial charge in [-0.2, -0.15) is 0 Å². The van der Waals surface area contributed by atoms with Crippen LogP contribution < -0.4 is 0 Å². The fourth-order valence-corrected chi connectivity index (χ4v) is 13.3. The maximum Gasteiger partial charge on any atom is 0.472 e. The third-order valence-electron chi connectivity index (χ3n) is 18.7. The van der Waals surface area contributed by atoms with Gasteiger partial charge in [0.25, 0.3) is 0 Å². The molecule has 0 bridgehead atoms. The minimum atomic E-state index is -4.97. The van der Waals surface area contributed by atoms with Crippen LogP contribution in [0.3, 0.4) is 0 Å². The first-order chi connectivity index (χ1) is 47.8. The van der Waals surface area contributed by atoms with E-state index >= 15 is 0 Å². The maximum absolute atomic E-state index is 13.1. The van der Waals surface area contributed by atoms with Crippen LogP contribution in [-0.2, 0) is 65.4 Å². The van der Waals surface area contributed by atoms with Crippen molar-refractivity contribution in [1.82, 2.24) is 0 Å². The number of carbonyl (C=O) groups excluding carboxylic acids is 4. The molecular weight excluding hydrogens is 1290 g/mol. The minimum absolute atomic E-state index is 0.100. The van der Waals surface area contributed by atoms with E-state index in [-0.39, 0.29) is 25.7 Å². The van der Waals surface area contributed by atoms with Crippen molar-refractivity contribution >= 4 is 39.5 Å². The Morgan fingerprint density at radius 1 is 0.333 bits per heavy atom. The number of carbonyl (C=O) groups is 4. The lowest BCUT2D eigenvalue weighted by Gasteiger charge is -2.21. The highest BCUT2D eigenvalue weighted by Crippen LogP contribution is 2.45. The number of aliphatic hydroxyl groups excluding tert-OH is 1. The number of hydrogen-bond donors (Lipinski definition) is 3. The van der Waals surface area contributed by atoms with E-state index in [4.69, 9.17) is 37.0 Å². The van der Waals surface area contributed by atoms with Crippen LogP contribution in [0.15, 0.2) is 24.3 Å². The Balaban J connectivity index is 5.28. The number of hydrogen-bond acceptors (Lipinski definition) is 15. The van der Waals surface area contributed by atoms with Crippen LogP contribution in [0.2, 0.25) is 0 Å². The van der Waals surface area contributed by atoms with Crippen LogP contribution in [0.25, 0.3) is 0 Å². The zero-order valence-corrected chi connectivity index (χ0v) is 66.2. The fourth-order valence-electron chi connectivity index (χ4n) is 11.7. The van der Waals surface area contributed by atoms with Crippen LogP contribution in [0.1, 0.15) is 389 Å². The monoisotopic (exact) mass is 1450 g/mol. The molecule has 0 radical (unpaired) electrons. The summed E-state index contributed by atoms with van der Waals surface area (Å²) in [5, 5.41) is 10.6. The highest BCUT2D eigenvalue weighted by molar-refractivity contribution is 7.47. The van der Waals surface area contributed by atoms with Gasteiger partial charge in [0, 0.05) is 25.7 Å². The number of esters is 4. The van der Waals surface area contributed by atoms with Crippen LogP contribution in [0.4, 0.5) is 0 Å². The maximum atomic E-state index is 13.1. The van der Waals surface area contributed by atoms with Crippen LogP contribution in [0, 0.1) is 17.8 Å². The van der Waals surface area contributed by atoms with Crippen LogP contribution >= 0.6 is 15.6 Å². The second-order valence-corrected chi connectivity index (χ2v) is 32.0. The highest BCUT2D eigenvalue weighted by atomic mass is 31.2. The summed E-state index contributed by atoms with van der Waals surface area (Å²) in [6.45, 7) is 11.9. The van der Waals surface area contributed by atoms with Crippen molar-refractivity contribution in [2.24, 2.45) is 17.8 Å². The summed E-state index contributed by atoms with van der Waals surface area (Å²) in [7, 11) is -9.93. The third kappa shape index (κ3) is 71.0. The number of unbranched alkanes of at least 4 members (excludes halogenated alkanes) is 39. The van der Waals surface area contributed by atoms with Gasteiger partial charge in [-0.05, 0) is 69.1 Å². The largest absolute Gasteiger partial charge is 0.472 e. The average Bonchev–Trinajstić information content (AvgIpc) is 1.02. The van der Waals surface area contributed by atoms with Gasteiger partial charge in [0.1, 0.15) is 19.3 Å². The lowest BCUT2D eigenvalue weighted by atomic mass is 9.99. The Morgan fingerprint density at radius 3 is 0.899 bits per heavy atom. The number of ether oxygens (including phenoxy) is 4. The van der Waals surface area contributed by atoms with Gasteiger partial charge in [-0.3, -0.25) is 37.3 Å². The zero-order valence-electron chi connectivity index (χ0n) is 64.4. The Bertz CT molecular complexity index is 2020. The Morgan fingerprint density at radius 2 is 0.596 bits per heavy atom. The molecule has 0 spiro atoms. The van der Waals surface area contributed by atoms with E-state index in [2.05, 4.69) is 72.8 Å². The molecule has 0 heterocycles. The second-order valence-electron chi connectivity index (χ2n) is 29.1. The number of rotatable bonds is 76. The van der Waals surface area contributed by atoms with Gasteiger partial charge in [-0.25, -0.2) is 9.13 Å². The standard InChI is InChI=1S/C80H152O17P2/c1-8-11-12-13-14-15-16-17-18-24-29-34-39-47-54-61-77(82)90-67-75(96-79(84)64-57-50-41-36-31-26-21-22-27-32-37-44-51-58-71(4)5)69-94-98(86,87)92-65-74(81)66-93-99(88,89)95-70-76(68-91-78(83)62-55-48-43-42-46-53-60-73(7)10-3)97-80(85)63-56-49-40-35-30-25-20-19-23-28-33-38-45-52-59-72(6)9-2/h15-18,71-76,81H,8-14,19-70H2,1-7H3,(H,86,87)(H,88,89)/b16-15-,18-17-/t72?,73?,74-,75-,76-/m1/s1. The van der Waals surface area contributed by atoms with E-state index in [1.165, 1.54) is 173 Å². The van der Waals surface area contributed by atoms with Crippen LogP contribution in [0.5, 0.6) is 0 Å². The zero-order chi connectivity index (χ0) is 73.0. The van der Waals surface area contributed by atoms with E-state index < -0.39 is 97.5 Å². The first kappa shape index (κ1) is 96.5. The van der Waals surface area contributed by atoms with Crippen molar-refractivity contribution in [3.63, 3.8) is 0 Å². The summed E-state index contributed by atoms with van der Waals surface area (Å²) >= 11 is 0. The van der Waals surface area contributed by atoms with Crippen molar-refractivity contribution in [3.05, 3.63) is 24.3 Å². The molecule has 17 nitrogen and oxygen atoms in total. The Kier molecular flexibility index (Phi) is 68.1. The van der Waals surface area contributed by atoms with Gasteiger partial charge in [0.2, 0.25) is 0 Å². The Hall–Kier alpha value is -2.46. The minimum Gasteiger partial charge on any atom is -0.462 e. The molecule has 4 unspecified atom stereocenters. The van der Waals surface area contributed by atoms with Crippen molar-refractivity contribution < 1.29 is 80.2 Å². The van der Waals surface area contributed by atoms with Crippen LogP contribution in [-0.4, -0.2) is 96.7 Å². The molecule has 0 aliphatic heterocycles. The molecule has 0 saturated heterocycles. The van der Waals surface area contributed by atoms with E-state index in [0.717, 1.165) is 133 Å². The summed E-state index contributed by atoms with van der Waals surface area (Å²) in [6, 6.07) is 0. The molecule has 7 atom stereocenters. The molecule has 0 aliphatic carbocycles. The predicted molar refractivity (Wildman–Crippen MR) is 404 cm³/mol. The second kappa shape index (κ2) is 69.9. The summed E-state index contributed by atoms with van der Waals surface area (Å²) < 4.78 is 68.6. The fraction of sp³-hybridized carbons (Fsp3) is 0.900. The normalized spacial score (nSPS) is 14.7. The van der Waals surface area contributed by atoms with Crippen molar-refractivity contribution in [3.8, 4) is 0 Å². The molecule has 0 rings (SSSR count). The van der Waals surface area contributed by atoms with Gasteiger partial charge in [0.05, 0.1) is 26.4 Å². The molecule has 0 amide bonds. The van der Waals surface area contributed by atoms with Gasteiger partial charge in [0.15, 0.2) is 12.2 Å². The molecule has 19 heteroatoms. The van der Waals surface area contributed by atoms with E-state index in [1.807, 2.05) is 0 Å². The van der Waals surface area contributed by atoms with Crippen molar-refractivity contribution in [2.75, 3.05) is 39.6 Å². The molecule has 0 aromatic rings. The van der Waals surface area contributed by atoms with Crippen molar-refractivity contribution in [1.29, 1.82) is 0 Å². The molecule has 0 aromatic carbocycles.